The third kappa shape index (κ3) is 2.76. The van der Waals surface area contributed by atoms with Gasteiger partial charge in [-0.3, -0.25) is 19.7 Å². The topological polar surface area (TPSA) is 126 Å². The maximum atomic E-state index is 13.1. The van der Waals surface area contributed by atoms with Crippen LogP contribution in [0.25, 0.3) is 11.0 Å². The molecule has 1 N–H and O–H groups in total. The Morgan fingerprint density at radius 2 is 2.13 bits per heavy atom. The molecule has 0 bridgehead atoms. The predicted octanol–water partition coefficient (Wildman–Crippen LogP) is 1.65. The second-order valence-corrected chi connectivity index (χ2v) is 7.61. The van der Waals surface area contributed by atoms with Crippen molar-refractivity contribution >= 4 is 28.7 Å². The van der Waals surface area contributed by atoms with E-state index >= 15 is 0 Å². The summed E-state index contributed by atoms with van der Waals surface area (Å²) in [4.78, 5) is 43.8. The normalized spacial score (nSPS) is 20.1. The van der Waals surface area contributed by atoms with Crippen molar-refractivity contribution in [1.82, 2.24) is 15.2 Å². The van der Waals surface area contributed by atoms with Gasteiger partial charge in [0.1, 0.15) is 28.6 Å². The summed E-state index contributed by atoms with van der Waals surface area (Å²) in [7, 11) is 1.52. The number of pyridine rings is 1. The molecule has 2 aliphatic rings. The van der Waals surface area contributed by atoms with Crippen LogP contribution in [0.4, 0.5) is 0 Å². The molecule has 3 aromatic rings. The molecule has 9 nitrogen and oxygen atoms in total. The van der Waals surface area contributed by atoms with Gasteiger partial charge in [0, 0.05) is 24.8 Å². The Morgan fingerprint density at radius 3 is 2.84 bits per heavy atom. The highest BCUT2D eigenvalue weighted by atomic mass is 16.5. The molecule has 2 aromatic heterocycles. The Morgan fingerprint density at radius 1 is 1.29 bits per heavy atom. The highest BCUT2D eigenvalue weighted by Gasteiger charge is 2.53. The van der Waals surface area contributed by atoms with Gasteiger partial charge in [-0.05, 0) is 29.8 Å². The predicted molar refractivity (Wildman–Crippen MR) is 106 cm³/mol. The van der Waals surface area contributed by atoms with Gasteiger partial charge in [-0.1, -0.05) is 6.07 Å². The zero-order valence-corrected chi connectivity index (χ0v) is 16.5. The number of carbonyl (C=O) groups is 3. The average molecular weight is 416 g/mol. The molecule has 9 heteroatoms. The van der Waals surface area contributed by atoms with Crippen LogP contribution < -0.4 is 10.1 Å². The SMILES string of the molecule is COc1ccc2c(c1)C(=O)N(C[C@@]1(c3cc4c(C#N)nccc4o3)CC(=O)NC1=O)C2. The number of hydrogen-bond donors (Lipinski definition) is 1. The van der Waals surface area contributed by atoms with E-state index < -0.39 is 17.2 Å². The maximum Gasteiger partial charge on any atom is 0.254 e. The zero-order chi connectivity index (χ0) is 21.8. The fraction of sp³-hybridized carbons (Fsp3) is 0.227. The number of nitrogens with zero attached hydrogens (tertiary/aromatic N) is 3. The summed E-state index contributed by atoms with van der Waals surface area (Å²) in [6.45, 7) is 0.252. The molecule has 5 rings (SSSR count). The van der Waals surface area contributed by atoms with Gasteiger partial charge in [-0.25, -0.2) is 4.98 Å². The lowest BCUT2D eigenvalue weighted by molar-refractivity contribution is -0.126. The largest absolute Gasteiger partial charge is 0.497 e. The van der Waals surface area contributed by atoms with E-state index in [0.29, 0.717) is 28.8 Å². The average Bonchev–Trinajstić information content (AvgIpc) is 3.42. The number of furan rings is 1. The van der Waals surface area contributed by atoms with Gasteiger partial charge < -0.3 is 14.1 Å². The second kappa shape index (κ2) is 6.67. The van der Waals surface area contributed by atoms with E-state index in [9.17, 15) is 19.6 Å². The van der Waals surface area contributed by atoms with Crippen molar-refractivity contribution in [3.8, 4) is 11.8 Å². The molecule has 31 heavy (non-hydrogen) atoms. The summed E-state index contributed by atoms with van der Waals surface area (Å²) in [6.07, 6.45) is 1.28. The third-order valence-corrected chi connectivity index (χ3v) is 5.83. The van der Waals surface area contributed by atoms with Gasteiger partial charge >= 0.3 is 0 Å². The summed E-state index contributed by atoms with van der Waals surface area (Å²) in [6, 6.07) is 10.4. The van der Waals surface area contributed by atoms with E-state index in [1.807, 2.05) is 12.1 Å². The first kappa shape index (κ1) is 18.8. The fourth-order valence-electron chi connectivity index (χ4n) is 4.26. The molecule has 0 unspecified atom stereocenters. The van der Waals surface area contributed by atoms with Crippen LogP contribution in [0.2, 0.25) is 0 Å². The summed E-state index contributed by atoms with van der Waals surface area (Å²) in [5.41, 5.74) is 0.453. The van der Waals surface area contributed by atoms with Crippen molar-refractivity contribution in [1.29, 1.82) is 5.26 Å². The Bertz CT molecular complexity index is 1320. The molecule has 1 atom stereocenters. The van der Waals surface area contributed by atoms with Gasteiger partial charge in [-0.15, -0.1) is 0 Å². The summed E-state index contributed by atoms with van der Waals surface area (Å²) < 4.78 is 11.1. The molecule has 154 valence electrons. The summed E-state index contributed by atoms with van der Waals surface area (Å²) in [5.74, 6) is -0.460. The molecule has 3 amide bonds. The molecular weight excluding hydrogens is 400 g/mol. The number of nitrogens with one attached hydrogen (secondary N) is 1. The van der Waals surface area contributed by atoms with E-state index in [4.69, 9.17) is 9.15 Å². The molecule has 1 saturated heterocycles. The number of hydrogen-bond acceptors (Lipinski definition) is 7. The van der Waals surface area contributed by atoms with E-state index in [1.165, 1.54) is 18.2 Å². The lowest BCUT2D eigenvalue weighted by atomic mass is 9.82. The van der Waals surface area contributed by atoms with E-state index in [-0.39, 0.29) is 30.3 Å². The van der Waals surface area contributed by atoms with Crippen LogP contribution in [-0.4, -0.2) is 41.3 Å². The van der Waals surface area contributed by atoms with Crippen LogP contribution in [0.3, 0.4) is 0 Å². The van der Waals surface area contributed by atoms with E-state index in [0.717, 1.165) is 5.56 Å². The lowest BCUT2D eigenvalue weighted by Crippen LogP contribution is -2.46. The van der Waals surface area contributed by atoms with Crippen LogP contribution in [0.15, 0.2) is 40.9 Å². The van der Waals surface area contributed by atoms with Crippen LogP contribution in [0.5, 0.6) is 5.75 Å². The maximum absolute atomic E-state index is 13.1. The van der Waals surface area contributed by atoms with Gasteiger partial charge in [0.25, 0.3) is 5.91 Å². The lowest BCUT2D eigenvalue weighted by Gasteiger charge is -2.28. The number of ether oxygens (including phenoxy) is 1. The Kier molecular flexibility index (Phi) is 4.05. The number of nitriles is 1. The van der Waals surface area contributed by atoms with E-state index in [2.05, 4.69) is 10.3 Å². The van der Waals surface area contributed by atoms with Crippen molar-refractivity contribution in [3.63, 3.8) is 0 Å². The number of benzene rings is 1. The molecule has 1 aromatic carbocycles. The second-order valence-electron chi connectivity index (χ2n) is 7.61. The molecule has 4 heterocycles. The van der Waals surface area contributed by atoms with Crippen LogP contribution in [0, 0.1) is 11.3 Å². The van der Waals surface area contributed by atoms with Gasteiger partial charge in [0.05, 0.1) is 18.9 Å². The molecule has 0 radical (unpaired) electrons. The highest BCUT2D eigenvalue weighted by Crippen LogP contribution is 2.39. The monoisotopic (exact) mass is 416 g/mol. The number of imide groups is 1. The molecule has 0 saturated carbocycles. The number of rotatable bonds is 4. The summed E-state index contributed by atoms with van der Waals surface area (Å²) >= 11 is 0. The van der Waals surface area contributed by atoms with Crippen molar-refractivity contribution in [2.24, 2.45) is 0 Å². The molecule has 1 fully saturated rings. The Labute approximate surface area is 176 Å². The molecule has 0 aliphatic carbocycles. The minimum atomic E-state index is -1.40. The van der Waals surface area contributed by atoms with Crippen LogP contribution in [-0.2, 0) is 21.5 Å². The molecule has 2 aliphatic heterocycles. The third-order valence-electron chi connectivity index (χ3n) is 5.83. The Balaban J connectivity index is 1.57. The van der Waals surface area contributed by atoms with E-state index in [1.54, 1.807) is 24.3 Å². The minimum absolute atomic E-state index is 0.0461. The first-order chi connectivity index (χ1) is 14.9. The highest BCUT2D eigenvalue weighted by molar-refractivity contribution is 6.10. The number of fused-ring (bicyclic) bond motifs is 2. The zero-order valence-electron chi connectivity index (χ0n) is 16.5. The quantitative estimate of drug-likeness (QED) is 0.641. The van der Waals surface area contributed by atoms with Crippen LogP contribution >= 0.6 is 0 Å². The summed E-state index contributed by atoms with van der Waals surface area (Å²) in [5, 5.41) is 12.1. The standard InChI is InChI=1S/C22H16N4O5/c1-30-13-3-2-12-10-26(20(28)14(12)6-13)11-22(8-19(27)25-21(22)29)18-7-15-16(9-23)24-5-4-17(15)31-18/h2-7H,8,10-11H2,1H3,(H,25,27,29)/t22-/m1/s1. The number of amides is 3. The molecular formula is C22H16N4O5. The van der Waals surface area contributed by atoms with Crippen molar-refractivity contribution in [2.45, 2.75) is 18.4 Å². The van der Waals surface area contributed by atoms with Crippen molar-refractivity contribution in [3.05, 3.63) is 59.1 Å². The van der Waals surface area contributed by atoms with Gasteiger partial charge in [-0.2, -0.15) is 5.26 Å². The number of aromatic nitrogens is 1. The first-order valence-electron chi connectivity index (χ1n) is 9.55. The first-order valence-corrected chi connectivity index (χ1v) is 9.55. The fourth-order valence-corrected chi connectivity index (χ4v) is 4.26. The van der Waals surface area contributed by atoms with Crippen molar-refractivity contribution < 1.29 is 23.5 Å². The minimum Gasteiger partial charge on any atom is -0.497 e. The smallest absolute Gasteiger partial charge is 0.254 e. The number of methoxy groups -OCH3 is 1. The molecule has 0 spiro atoms. The van der Waals surface area contributed by atoms with Crippen LogP contribution in [0.1, 0.15) is 33.8 Å². The number of carbonyl (C=O) groups excluding carboxylic acids is 3. The van der Waals surface area contributed by atoms with Gasteiger partial charge in [0.15, 0.2) is 5.69 Å². The van der Waals surface area contributed by atoms with Crippen molar-refractivity contribution in [2.75, 3.05) is 13.7 Å². The van der Waals surface area contributed by atoms with Gasteiger partial charge in [0.2, 0.25) is 11.8 Å². The Hall–Kier alpha value is -4.19.